The Morgan fingerprint density at radius 3 is 2.21 bits per heavy atom. The third kappa shape index (κ3) is 5.77. The largest absolute Gasteiger partial charge is 0.320 e. The second-order valence-corrected chi connectivity index (χ2v) is 8.55. The Morgan fingerprint density at radius 2 is 1.62 bits per heavy atom. The maximum Gasteiger partial charge on any atom is 0.282 e. The summed E-state index contributed by atoms with van der Waals surface area (Å²) in [6.07, 6.45) is 4.56. The monoisotopic (exact) mass is 468 g/mol. The normalized spacial score (nSPS) is 16.6. The van der Waals surface area contributed by atoms with Crippen LogP contribution in [0.15, 0.2) is 42.5 Å². The van der Waals surface area contributed by atoms with E-state index in [1.54, 1.807) is 0 Å². The van der Waals surface area contributed by atoms with Gasteiger partial charge in [0.2, 0.25) is 0 Å². The van der Waals surface area contributed by atoms with Crippen LogP contribution in [0.25, 0.3) is 0 Å². The molecule has 0 saturated carbocycles. The first-order valence-electron chi connectivity index (χ1n) is 10.7. The minimum absolute atomic E-state index is 0. The van der Waals surface area contributed by atoms with Crippen molar-refractivity contribution in [3.63, 3.8) is 0 Å². The number of nitrogens with one attached hydrogen (secondary N) is 1. The molecule has 3 nitrogen and oxygen atoms in total. The van der Waals surface area contributed by atoms with Crippen LogP contribution in [-0.4, -0.2) is 29.5 Å². The predicted octanol–water partition coefficient (Wildman–Crippen LogP) is 5.53. The number of para-hydroxylation sites is 1. The van der Waals surface area contributed by atoms with Gasteiger partial charge in [-0.25, -0.2) is 0 Å². The third-order valence-electron chi connectivity index (χ3n) is 6.37. The summed E-state index contributed by atoms with van der Waals surface area (Å²) in [6, 6.07) is 15.0. The number of aryl methyl sites for hydroxylation is 3. The second kappa shape index (κ2) is 10.8. The van der Waals surface area contributed by atoms with Crippen molar-refractivity contribution >= 4 is 11.6 Å². The fourth-order valence-electron chi connectivity index (χ4n) is 4.94. The predicted molar refractivity (Wildman–Crippen MR) is 117 cm³/mol. The number of carbonyl (C=O) groups excluding carboxylic acids is 1. The van der Waals surface area contributed by atoms with Crippen LogP contribution in [0.1, 0.15) is 54.9 Å². The van der Waals surface area contributed by atoms with Crippen LogP contribution in [0, 0.1) is 20.8 Å². The molecule has 29 heavy (non-hydrogen) atoms. The van der Waals surface area contributed by atoms with E-state index in [-0.39, 0.29) is 44.7 Å². The first kappa shape index (κ1) is 24.2. The Morgan fingerprint density at radius 1 is 1.00 bits per heavy atom. The molecule has 3 rings (SSSR count). The fraction of sp³-hybridized carbons (Fsp3) is 0.480. The van der Waals surface area contributed by atoms with Crippen molar-refractivity contribution in [1.82, 2.24) is 0 Å². The van der Waals surface area contributed by atoms with Crippen LogP contribution < -0.4 is 5.32 Å². The molecule has 2 aromatic rings. The quantitative estimate of drug-likeness (QED) is 0.556. The van der Waals surface area contributed by atoms with Gasteiger partial charge in [-0.2, -0.15) is 0 Å². The average molecular weight is 468 g/mol. The molecule has 0 aromatic heterocycles. The summed E-state index contributed by atoms with van der Waals surface area (Å²) in [5.74, 6) is 0.175. The first-order chi connectivity index (χ1) is 13.4. The van der Waals surface area contributed by atoms with Crippen molar-refractivity contribution in [2.45, 2.75) is 66.0 Å². The van der Waals surface area contributed by atoms with Crippen molar-refractivity contribution in [2.24, 2.45) is 0 Å². The Kier molecular flexibility index (Phi) is 9.06. The van der Waals surface area contributed by atoms with Crippen molar-refractivity contribution < 1.29 is 42.0 Å². The number of piperidine rings is 1. The Labute approximate surface area is 201 Å². The summed E-state index contributed by atoms with van der Waals surface area (Å²) in [7, 11) is 0. The molecule has 1 radical (unpaired) electrons. The van der Waals surface area contributed by atoms with Gasteiger partial charge in [-0.05, 0) is 51.2 Å². The Hall–Kier alpha value is -1.03. The van der Waals surface area contributed by atoms with Gasteiger partial charge in [0.05, 0.1) is 13.1 Å². The number of rotatable bonds is 6. The molecular formula is C25H35N2OY+. The van der Waals surface area contributed by atoms with Gasteiger partial charge >= 0.3 is 0 Å². The molecule has 1 aliphatic rings. The van der Waals surface area contributed by atoms with E-state index in [1.807, 2.05) is 6.07 Å². The number of amides is 1. The van der Waals surface area contributed by atoms with Crippen LogP contribution in [0.5, 0.6) is 0 Å². The molecule has 1 N–H and O–H groups in total. The molecular weight excluding hydrogens is 433 g/mol. The molecule has 0 aliphatic carbocycles. The molecule has 4 heteroatoms. The molecule has 0 spiro atoms. The van der Waals surface area contributed by atoms with Gasteiger partial charge in [0.25, 0.3) is 5.91 Å². The summed E-state index contributed by atoms with van der Waals surface area (Å²) in [5.41, 5.74) is 5.89. The van der Waals surface area contributed by atoms with E-state index in [4.69, 9.17) is 0 Å². The maximum atomic E-state index is 13.5. The van der Waals surface area contributed by atoms with Gasteiger partial charge in [-0.15, -0.1) is 0 Å². The number of hydrogen-bond donors (Lipinski definition) is 1. The fourth-order valence-corrected chi connectivity index (χ4v) is 4.94. The van der Waals surface area contributed by atoms with Crippen LogP contribution in [-0.2, 0) is 44.0 Å². The second-order valence-electron chi connectivity index (χ2n) is 8.55. The Balaban J connectivity index is 0.00000300. The Bertz CT molecular complexity index is 807. The van der Waals surface area contributed by atoms with Gasteiger partial charge in [-0.1, -0.05) is 55.0 Å². The van der Waals surface area contributed by atoms with Gasteiger partial charge in [-0.3, -0.25) is 4.79 Å². The van der Waals surface area contributed by atoms with E-state index in [0.29, 0.717) is 0 Å². The standard InChI is InChI=1S/C25H34N2O.Y/c1-5-23(25(28)26-24-20(3)12-10-13-21(24)4)27(15-7-6-8-16-27)18-22-14-9-11-19(2)17-22;/h9-14,17,23H,5-8,15-16,18H2,1-4H3;/p+1. The van der Waals surface area contributed by atoms with E-state index < -0.39 is 0 Å². The number of anilines is 1. The zero-order valence-electron chi connectivity index (χ0n) is 18.5. The zero-order valence-corrected chi connectivity index (χ0v) is 21.3. The summed E-state index contributed by atoms with van der Waals surface area (Å²) in [5, 5.41) is 3.29. The first-order valence-corrected chi connectivity index (χ1v) is 10.7. The van der Waals surface area contributed by atoms with Gasteiger partial charge in [0.1, 0.15) is 6.54 Å². The molecule has 1 fully saturated rings. The molecule has 1 saturated heterocycles. The van der Waals surface area contributed by atoms with E-state index in [1.165, 1.54) is 30.4 Å². The summed E-state index contributed by atoms with van der Waals surface area (Å²) in [4.78, 5) is 13.5. The van der Waals surface area contributed by atoms with E-state index in [0.717, 1.165) is 47.4 Å². The molecule has 0 bridgehead atoms. The number of quaternary nitrogens is 1. The average Bonchev–Trinajstić information content (AvgIpc) is 2.66. The summed E-state index contributed by atoms with van der Waals surface area (Å²) < 4.78 is 0.886. The molecule has 1 atom stereocenters. The number of hydrogen-bond acceptors (Lipinski definition) is 1. The van der Waals surface area contributed by atoms with Crippen LogP contribution in [0.4, 0.5) is 5.69 Å². The molecule has 1 aliphatic heterocycles. The number of benzene rings is 2. The zero-order chi connectivity index (χ0) is 20.1. The van der Waals surface area contributed by atoms with Gasteiger partial charge in [0, 0.05) is 50.4 Å². The van der Waals surface area contributed by atoms with E-state index in [9.17, 15) is 4.79 Å². The van der Waals surface area contributed by atoms with Crippen molar-refractivity contribution in [2.75, 3.05) is 18.4 Å². The van der Waals surface area contributed by atoms with Crippen molar-refractivity contribution in [1.29, 1.82) is 0 Å². The van der Waals surface area contributed by atoms with Crippen molar-refractivity contribution in [3.05, 3.63) is 64.7 Å². The van der Waals surface area contributed by atoms with Crippen LogP contribution in [0.2, 0.25) is 0 Å². The SMILES string of the molecule is CCC(C(=O)Nc1c(C)cccc1C)[N+]1(Cc2cccc(C)c2)CCCCC1.[Y]. The van der Waals surface area contributed by atoms with Gasteiger partial charge in [0.15, 0.2) is 6.04 Å². The minimum atomic E-state index is -0.0141. The molecule has 1 amide bonds. The maximum absolute atomic E-state index is 13.5. The smallest absolute Gasteiger partial charge is 0.282 e. The minimum Gasteiger partial charge on any atom is -0.320 e. The van der Waals surface area contributed by atoms with E-state index in [2.05, 4.69) is 69.4 Å². The molecule has 153 valence electrons. The number of nitrogens with zero attached hydrogens (tertiary/aromatic N) is 1. The molecule has 2 aromatic carbocycles. The van der Waals surface area contributed by atoms with Gasteiger partial charge < -0.3 is 9.80 Å². The van der Waals surface area contributed by atoms with Crippen LogP contribution in [0.3, 0.4) is 0 Å². The topological polar surface area (TPSA) is 29.1 Å². The van der Waals surface area contributed by atoms with E-state index >= 15 is 0 Å². The molecule has 1 heterocycles. The van der Waals surface area contributed by atoms with Crippen molar-refractivity contribution in [3.8, 4) is 0 Å². The summed E-state index contributed by atoms with van der Waals surface area (Å²) in [6.45, 7) is 11.6. The third-order valence-corrected chi connectivity index (χ3v) is 6.37. The summed E-state index contributed by atoms with van der Waals surface area (Å²) >= 11 is 0. The molecule has 1 unspecified atom stereocenters. The van der Waals surface area contributed by atoms with Crippen LogP contribution >= 0.6 is 0 Å². The number of carbonyl (C=O) groups is 1. The number of likely N-dealkylation sites (tertiary alicyclic amines) is 1.